The fraction of sp³-hybridized carbons (Fsp3) is 0.833. The average molecular weight is 258 g/mol. The summed E-state index contributed by atoms with van der Waals surface area (Å²) in [6.45, 7) is 4.30. The molecule has 0 saturated carbocycles. The van der Waals surface area contributed by atoms with Crippen LogP contribution in [0.15, 0.2) is 0 Å². The van der Waals surface area contributed by atoms with Crippen molar-refractivity contribution >= 4 is 12.0 Å². The number of carboxylic acids is 1. The van der Waals surface area contributed by atoms with Gasteiger partial charge in [-0.05, 0) is 12.8 Å². The van der Waals surface area contributed by atoms with Crippen molar-refractivity contribution < 1.29 is 19.4 Å². The number of carbonyl (C=O) groups is 2. The number of nitrogens with one attached hydrogen (secondary N) is 1. The van der Waals surface area contributed by atoms with Gasteiger partial charge in [0.25, 0.3) is 0 Å². The number of hydrogen-bond acceptors (Lipinski definition) is 3. The van der Waals surface area contributed by atoms with Gasteiger partial charge in [-0.3, -0.25) is 0 Å². The lowest BCUT2D eigenvalue weighted by Gasteiger charge is -2.23. The van der Waals surface area contributed by atoms with E-state index in [1.54, 1.807) is 4.90 Å². The third kappa shape index (κ3) is 4.91. The van der Waals surface area contributed by atoms with Gasteiger partial charge in [0.1, 0.15) is 6.04 Å². The molecule has 6 nitrogen and oxygen atoms in total. The van der Waals surface area contributed by atoms with Crippen LogP contribution in [0.1, 0.15) is 32.6 Å². The van der Waals surface area contributed by atoms with Gasteiger partial charge in [0.05, 0.1) is 6.61 Å². The van der Waals surface area contributed by atoms with E-state index >= 15 is 0 Å². The lowest BCUT2D eigenvalue weighted by molar-refractivity contribution is -0.139. The Balaban J connectivity index is 2.45. The molecule has 0 aromatic carbocycles. The second kappa shape index (κ2) is 7.92. The van der Waals surface area contributed by atoms with Gasteiger partial charge < -0.3 is 20.1 Å². The number of carboxylic acid groups (broad SMARTS) is 1. The van der Waals surface area contributed by atoms with Gasteiger partial charge in [0.2, 0.25) is 0 Å². The van der Waals surface area contributed by atoms with Crippen molar-refractivity contribution in [2.24, 2.45) is 0 Å². The van der Waals surface area contributed by atoms with Crippen LogP contribution >= 0.6 is 0 Å². The van der Waals surface area contributed by atoms with Crippen LogP contribution in [0.2, 0.25) is 0 Å². The van der Waals surface area contributed by atoms with Crippen LogP contribution in [-0.2, 0) is 9.53 Å². The number of ether oxygens (including phenoxy) is 1. The molecule has 2 N–H and O–H groups in total. The molecule has 1 aliphatic heterocycles. The molecule has 0 aromatic heterocycles. The number of unbranched alkanes of at least 4 members (excludes halogenated alkanes) is 1. The molecule has 18 heavy (non-hydrogen) atoms. The first-order valence-corrected chi connectivity index (χ1v) is 6.51. The second-order valence-electron chi connectivity index (χ2n) is 4.44. The molecule has 0 radical (unpaired) electrons. The maximum Gasteiger partial charge on any atom is 0.326 e. The highest BCUT2D eigenvalue weighted by Gasteiger charge is 2.23. The van der Waals surface area contributed by atoms with Gasteiger partial charge in [0, 0.05) is 19.7 Å². The lowest BCUT2D eigenvalue weighted by atomic mass is 10.1. The topological polar surface area (TPSA) is 78.9 Å². The van der Waals surface area contributed by atoms with E-state index in [4.69, 9.17) is 9.84 Å². The van der Waals surface area contributed by atoms with Crippen LogP contribution in [0.4, 0.5) is 4.79 Å². The molecule has 6 heteroatoms. The maximum absolute atomic E-state index is 11.9. The van der Waals surface area contributed by atoms with Gasteiger partial charge in [-0.25, -0.2) is 9.59 Å². The molecule has 0 aromatic rings. The number of rotatable bonds is 5. The summed E-state index contributed by atoms with van der Waals surface area (Å²) in [6.07, 6.45) is 2.97. The molecule has 1 rings (SSSR count). The molecule has 1 atom stereocenters. The number of urea groups is 1. The van der Waals surface area contributed by atoms with Crippen LogP contribution in [0.5, 0.6) is 0 Å². The summed E-state index contributed by atoms with van der Waals surface area (Å²) in [5.74, 6) is -0.970. The number of amides is 2. The highest BCUT2D eigenvalue weighted by molar-refractivity contribution is 5.82. The van der Waals surface area contributed by atoms with Crippen molar-refractivity contribution in [3.63, 3.8) is 0 Å². The van der Waals surface area contributed by atoms with Gasteiger partial charge >= 0.3 is 12.0 Å². The van der Waals surface area contributed by atoms with E-state index < -0.39 is 12.0 Å². The predicted octanol–water partition coefficient (Wildman–Crippen LogP) is 1.06. The smallest absolute Gasteiger partial charge is 0.326 e. The third-order valence-corrected chi connectivity index (χ3v) is 2.95. The minimum atomic E-state index is -0.970. The van der Waals surface area contributed by atoms with E-state index in [-0.39, 0.29) is 6.03 Å². The van der Waals surface area contributed by atoms with E-state index in [1.165, 1.54) is 0 Å². The van der Waals surface area contributed by atoms with Gasteiger partial charge in [-0.1, -0.05) is 19.8 Å². The van der Waals surface area contributed by atoms with Crippen molar-refractivity contribution in [2.75, 3.05) is 26.3 Å². The van der Waals surface area contributed by atoms with Crippen LogP contribution < -0.4 is 5.32 Å². The molecule has 1 aliphatic rings. The Morgan fingerprint density at radius 2 is 2.17 bits per heavy atom. The molecular formula is C12H22N2O4. The number of carbonyl (C=O) groups excluding carboxylic acids is 1. The summed E-state index contributed by atoms with van der Waals surface area (Å²) in [5, 5.41) is 11.6. The first-order chi connectivity index (χ1) is 8.65. The molecule has 1 heterocycles. The number of nitrogens with zero attached hydrogens (tertiary/aromatic N) is 1. The zero-order valence-corrected chi connectivity index (χ0v) is 10.9. The molecular weight excluding hydrogens is 236 g/mol. The van der Waals surface area contributed by atoms with Gasteiger partial charge in [-0.15, -0.1) is 0 Å². The molecule has 104 valence electrons. The first-order valence-electron chi connectivity index (χ1n) is 6.51. The second-order valence-corrected chi connectivity index (χ2v) is 4.44. The lowest BCUT2D eigenvalue weighted by Crippen LogP contribution is -2.48. The predicted molar refractivity (Wildman–Crippen MR) is 66.5 cm³/mol. The summed E-state index contributed by atoms with van der Waals surface area (Å²) in [6, 6.07) is -1.09. The molecule has 2 amide bonds. The Morgan fingerprint density at radius 3 is 2.83 bits per heavy atom. The van der Waals surface area contributed by atoms with Gasteiger partial charge in [-0.2, -0.15) is 0 Å². The van der Waals surface area contributed by atoms with E-state index in [2.05, 4.69) is 5.32 Å². The Bertz CT molecular complexity index is 275. The standard InChI is InChI=1S/C12H22N2O4/c1-2-3-5-10(11(15)16)13-12(17)14-6-4-8-18-9-7-14/h10H,2-9H2,1H3,(H,13,17)(H,15,16). The molecule has 1 unspecified atom stereocenters. The Labute approximate surface area is 107 Å². The summed E-state index contributed by atoms with van der Waals surface area (Å²) in [5.41, 5.74) is 0. The van der Waals surface area contributed by atoms with Crippen molar-refractivity contribution in [2.45, 2.75) is 38.6 Å². The van der Waals surface area contributed by atoms with Gasteiger partial charge in [0.15, 0.2) is 0 Å². The summed E-state index contributed by atoms with van der Waals surface area (Å²) < 4.78 is 5.25. The third-order valence-electron chi connectivity index (χ3n) is 2.95. The van der Waals surface area contributed by atoms with Crippen molar-refractivity contribution in [1.29, 1.82) is 0 Å². The number of aliphatic carboxylic acids is 1. The largest absolute Gasteiger partial charge is 0.480 e. The summed E-state index contributed by atoms with van der Waals surface area (Å²) >= 11 is 0. The minimum absolute atomic E-state index is 0.302. The Hall–Kier alpha value is -1.30. The van der Waals surface area contributed by atoms with E-state index in [1.807, 2.05) is 6.92 Å². The maximum atomic E-state index is 11.9. The van der Waals surface area contributed by atoms with Crippen molar-refractivity contribution in [1.82, 2.24) is 10.2 Å². The molecule has 0 aliphatic carbocycles. The van der Waals surface area contributed by atoms with Crippen molar-refractivity contribution in [3.05, 3.63) is 0 Å². The average Bonchev–Trinajstić information content (AvgIpc) is 2.62. The zero-order chi connectivity index (χ0) is 13.4. The van der Waals surface area contributed by atoms with Crippen molar-refractivity contribution in [3.8, 4) is 0 Å². The van der Waals surface area contributed by atoms with E-state index in [0.29, 0.717) is 32.7 Å². The van der Waals surface area contributed by atoms with E-state index in [0.717, 1.165) is 19.3 Å². The fourth-order valence-electron chi connectivity index (χ4n) is 1.86. The quantitative estimate of drug-likeness (QED) is 0.773. The Morgan fingerprint density at radius 1 is 1.39 bits per heavy atom. The van der Waals surface area contributed by atoms with Crippen LogP contribution in [0.25, 0.3) is 0 Å². The first kappa shape index (κ1) is 14.8. The summed E-state index contributed by atoms with van der Waals surface area (Å²) in [7, 11) is 0. The SMILES string of the molecule is CCCCC(NC(=O)N1CCCOCC1)C(=O)O. The summed E-state index contributed by atoms with van der Waals surface area (Å²) in [4.78, 5) is 24.6. The molecule has 0 spiro atoms. The molecule has 1 saturated heterocycles. The minimum Gasteiger partial charge on any atom is -0.480 e. The molecule has 1 fully saturated rings. The fourth-order valence-corrected chi connectivity index (χ4v) is 1.86. The highest BCUT2D eigenvalue weighted by Crippen LogP contribution is 2.04. The van der Waals surface area contributed by atoms with Crippen LogP contribution in [-0.4, -0.2) is 54.4 Å². The Kier molecular flexibility index (Phi) is 6.49. The van der Waals surface area contributed by atoms with E-state index in [9.17, 15) is 9.59 Å². The monoisotopic (exact) mass is 258 g/mol. The molecule has 0 bridgehead atoms. The number of hydrogen-bond donors (Lipinski definition) is 2. The highest BCUT2D eigenvalue weighted by atomic mass is 16.5. The van der Waals surface area contributed by atoms with Crippen LogP contribution in [0, 0.1) is 0 Å². The van der Waals surface area contributed by atoms with Crippen LogP contribution in [0.3, 0.4) is 0 Å². The normalized spacial score (nSPS) is 17.9. The zero-order valence-electron chi connectivity index (χ0n) is 10.9.